The van der Waals surface area contributed by atoms with Crippen molar-refractivity contribution in [2.24, 2.45) is 7.05 Å². The van der Waals surface area contributed by atoms with E-state index in [2.05, 4.69) is 20.7 Å². The SMILES string of the molecule is Cc1nn(C)c2ncc(NC(=O)NCc3ccoc3)cc12. The molecule has 0 atom stereocenters. The zero-order chi connectivity index (χ0) is 14.8. The van der Waals surface area contributed by atoms with Gasteiger partial charge in [-0.3, -0.25) is 4.68 Å². The van der Waals surface area contributed by atoms with E-state index in [0.29, 0.717) is 12.2 Å². The van der Waals surface area contributed by atoms with Crippen LogP contribution in [0.15, 0.2) is 35.3 Å². The van der Waals surface area contributed by atoms with Gasteiger partial charge in [0.2, 0.25) is 0 Å². The molecule has 2 amide bonds. The maximum atomic E-state index is 11.8. The van der Waals surface area contributed by atoms with Gasteiger partial charge < -0.3 is 15.1 Å². The summed E-state index contributed by atoms with van der Waals surface area (Å²) in [6, 6.07) is 3.37. The minimum absolute atomic E-state index is 0.293. The number of hydrogen-bond acceptors (Lipinski definition) is 4. The molecular weight excluding hydrogens is 270 g/mol. The van der Waals surface area contributed by atoms with Gasteiger partial charge in [-0.2, -0.15) is 5.10 Å². The van der Waals surface area contributed by atoms with Gasteiger partial charge in [-0.05, 0) is 19.1 Å². The Morgan fingerprint density at radius 1 is 1.48 bits per heavy atom. The Labute approximate surface area is 121 Å². The van der Waals surface area contributed by atoms with E-state index in [9.17, 15) is 4.79 Å². The predicted octanol–water partition coefficient (Wildman–Crippen LogP) is 2.19. The number of nitrogens with one attached hydrogen (secondary N) is 2. The van der Waals surface area contributed by atoms with Gasteiger partial charge in [0.1, 0.15) is 0 Å². The first kappa shape index (κ1) is 13.2. The van der Waals surface area contributed by atoms with Gasteiger partial charge in [0.15, 0.2) is 5.65 Å². The van der Waals surface area contributed by atoms with Crippen LogP contribution in [0.4, 0.5) is 10.5 Å². The second kappa shape index (κ2) is 5.28. The minimum Gasteiger partial charge on any atom is -0.472 e. The maximum Gasteiger partial charge on any atom is 0.319 e. The monoisotopic (exact) mass is 285 g/mol. The van der Waals surface area contributed by atoms with E-state index in [0.717, 1.165) is 22.3 Å². The molecule has 0 saturated carbocycles. The highest BCUT2D eigenvalue weighted by Crippen LogP contribution is 2.19. The number of urea groups is 1. The molecule has 0 unspecified atom stereocenters. The van der Waals surface area contributed by atoms with Crippen molar-refractivity contribution >= 4 is 22.8 Å². The standard InChI is InChI=1S/C14H15N5O2/c1-9-12-5-11(7-15-13(12)19(2)18-9)17-14(20)16-6-10-3-4-21-8-10/h3-5,7-8H,6H2,1-2H3,(H2,16,17,20). The van der Waals surface area contributed by atoms with Crippen LogP contribution in [0.2, 0.25) is 0 Å². The third-order valence-corrected chi connectivity index (χ3v) is 3.15. The fourth-order valence-electron chi connectivity index (χ4n) is 2.13. The van der Waals surface area contributed by atoms with Crippen molar-refractivity contribution in [2.45, 2.75) is 13.5 Å². The van der Waals surface area contributed by atoms with Gasteiger partial charge in [0.25, 0.3) is 0 Å². The Balaban J connectivity index is 1.69. The molecule has 0 aliphatic heterocycles. The Bertz CT molecular complexity index is 776. The summed E-state index contributed by atoms with van der Waals surface area (Å²) >= 11 is 0. The molecule has 3 heterocycles. The summed E-state index contributed by atoms with van der Waals surface area (Å²) in [4.78, 5) is 16.1. The highest BCUT2D eigenvalue weighted by atomic mass is 16.3. The van der Waals surface area contributed by atoms with Crippen LogP contribution < -0.4 is 10.6 Å². The minimum atomic E-state index is -0.293. The van der Waals surface area contributed by atoms with Crippen molar-refractivity contribution in [3.05, 3.63) is 42.1 Å². The van der Waals surface area contributed by atoms with E-state index in [1.54, 1.807) is 29.5 Å². The van der Waals surface area contributed by atoms with E-state index in [-0.39, 0.29) is 6.03 Å². The van der Waals surface area contributed by atoms with Gasteiger partial charge in [0.05, 0.1) is 30.1 Å². The molecule has 2 N–H and O–H groups in total. The van der Waals surface area contributed by atoms with Crippen LogP contribution in [-0.2, 0) is 13.6 Å². The Hall–Kier alpha value is -2.83. The van der Waals surface area contributed by atoms with Gasteiger partial charge in [-0.25, -0.2) is 9.78 Å². The number of aromatic nitrogens is 3. The number of amides is 2. The third kappa shape index (κ3) is 2.71. The second-order valence-corrected chi connectivity index (χ2v) is 4.74. The molecule has 0 aliphatic rings. The molecule has 0 aromatic carbocycles. The van der Waals surface area contributed by atoms with Crippen LogP contribution in [0.5, 0.6) is 0 Å². The lowest BCUT2D eigenvalue weighted by molar-refractivity contribution is 0.251. The topological polar surface area (TPSA) is 85.0 Å². The normalized spacial score (nSPS) is 10.8. The number of rotatable bonds is 3. The summed E-state index contributed by atoms with van der Waals surface area (Å²) in [5, 5.41) is 10.7. The van der Waals surface area contributed by atoms with Crippen LogP contribution in [0.1, 0.15) is 11.3 Å². The van der Waals surface area contributed by atoms with Gasteiger partial charge in [0, 0.05) is 24.5 Å². The molecule has 21 heavy (non-hydrogen) atoms. The lowest BCUT2D eigenvalue weighted by atomic mass is 10.2. The molecular formula is C14H15N5O2. The Kier molecular flexibility index (Phi) is 3.31. The smallest absolute Gasteiger partial charge is 0.319 e. The number of nitrogens with zero attached hydrogens (tertiary/aromatic N) is 3. The first-order valence-electron chi connectivity index (χ1n) is 6.49. The second-order valence-electron chi connectivity index (χ2n) is 4.74. The summed E-state index contributed by atoms with van der Waals surface area (Å²) in [5.74, 6) is 0. The van der Waals surface area contributed by atoms with Crippen molar-refractivity contribution in [3.63, 3.8) is 0 Å². The van der Waals surface area contributed by atoms with Crippen LogP contribution in [0, 0.1) is 6.92 Å². The number of fused-ring (bicyclic) bond motifs is 1. The van der Waals surface area contributed by atoms with Crippen LogP contribution >= 0.6 is 0 Å². The molecule has 3 rings (SSSR count). The summed E-state index contributed by atoms with van der Waals surface area (Å²) < 4.78 is 6.65. The number of anilines is 1. The summed E-state index contributed by atoms with van der Waals surface area (Å²) in [7, 11) is 1.84. The molecule has 0 bridgehead atoms. The van der Waals surface area contributed by atoms with E-state index in [4.69, 9.17) is 4.42 Å². The molecule has 7 heteroatoms. The summed E-state index contributed by atoms with van der Waals surface area (Å²) in [5.41, 5.74) is 3.20. The average Bonchev–Trinajstić information content (AvgIpc) is 3.06. The van der Waals surface area contributed by atoms with E-state index >= 15 is 0 Å². The largest absolute Gasteiger partial charge is 0.472 e. The maximum absolute atomic E-state index is 11.8. The highest BCUT2D eigenvalue weighted by molar-refractivity contribution is 5.91. The number of furan rings is 1. The molecule has 0 aliphatic carbocycles. The van der Waals surface area contributed by atoms with Crippen molar-refractivity contribution in [2.75, 3.05) is 5.32 Å². The summed E-state index contributed by atoms with van der Waals surface area (Å²) in [6.07, 6.45) is 4.77. The molecule has 0 fully saturated rings. The molecule has 3 aromatic heterocycles. The number of pyridine rings is 1. The van der Waals surface area contributed by atoms with Crippen molar-refractivity contribution in [3.8, 4) is 0 Å². The van der Waals surface area contributed by atoms with Crippen LogP contribution in [-0.4, -0.2) is 20.8 Å². The van der Waals surface area contributed by atoms with E-state index < -0.39 is 0 Å². The average molecular weight is 285 g/mol. The molecule has 0 saturated heterocycles. The molecule has 108 valence electrons. The lowest BCUT2D eigenvalue weighted by Crippen LogP contribution is -2.28. The molecule has 0 radical (unpaired) electrons. The van der Waals surface area contributed by atoms with Crippen LogP contribution in [0.25, 0.3) is 11.0 Å². The van der Waals surface area contributed by atoms with Crippen LogP contribution in [0.3, 0.4) is 0 Å². The summed E-state index contributed by atoms with van der Waals surface area (Å²) in [6.45, 7) is 2.32. The number of hydrogen-bond donors (Lipinski definition) is 2. The predicted molar refractivity (Wildman–Crippen MR) is 77.8 cm³/mol. The number of carbonyl (C=O) groups is 1. The van der Waals surface area contributed by atoms with E-state index in [1.807, 2.05) is 20.0 Å². The van der Waals surface area contributed by atoms with E-state index in [1.165, 1.54) is 0 Å². The van der Waals surface area contributed by atoms with Crippen molar-refractivity contribution in [1.29, 1.82) is 0 Å². The molecule has 0 spiro atoms. The zero-order valence-electron chi connectivity index (χ0n) is 11.8. The quantitative estimate of drug-likeness (QED) is 0.772. The van der Waals surface area contributed by atoms with Gasteiger partial charge >= 0.3 is 6.03 Å². The first-order valence-corrected chi connectivity index (χ1v) is 6.49. The lowest BCUT2D eigenvalue weighted by Gasteiger charge is -2.06. The number of carbonyl (C=O) groups excluding carboxylic acids is 1. The molecule has 7 nitrogen and oxygen atoms in total. The van der Waals surface area contributed by atoms with Crippen molar-refractivity contribution in [1.82, 2.24) is 20.1 Å². The van der Waals surface area contributed by atoms with Crippen molar-refractivity contribution < 1.29 is 9.21 Å². The fraction of sp³-hybridized carbons (Fsp3) is 0.214. The Morgan fingerprint density at radius 2 is 2.33 bits per heavy atom. The fourth-order valence-corrected chi connectivity index (χ4v) is 2.13. The molecule has 3 aromatic rings. The zero-order valence-corrected chi connectivity index (χ0v) is 11.8. The first-order chi connectivity index (χ1) is 10.1. The van der Waals surface area contributed by atoms with Gasteiger partial charge in [-0.15, -0.1) is 0 Å². The number of aryl methyl sites for hydroxylation is 2. The third-order valence-electron chi connectivity index (χ3n) is 3.15. The Morgan fingerprint density at radius 3 is 3.10 bits per heavy atom. The van der Waals surface area contributed by atoms with Gasteiger partial charge in [-0.1, -0.05) is 0 Å². The highest BCUT2D eigenvalue weighted by Gasteiger charge is 2.08.